The Bertz CT molecular complexity index is 739. The van der Waals surface area contributed by atoms with Crippen molar-refractivity contribution in [1.29, 1.82) is 0 Å². The first-order valence-electron chi connectivity index (χ1n) is 9.46. The number of nitrogens with zero attached hydrogens (tertiary/aromatic N) is 4. The summed E-state index contributed by atoms with van der Waals surface area (Å²) in [6.07, 6.45) is 6.54. The van der Waals surface area contributed by atoms with E-state index in [1.807, 2.05) is 16.8 Å². The number of hydrogen-bond acceptors (Lipinski definition) is 6. The van der Waals surface area contributed by atoms with Gasteiger partial charge in [-0.25, -0.2) is 4.98 Å². The number of anilines is 1. The summed E-state index contributed by atoms with van der Waals surface area (Å²) in [5.41, 5.74) is 1.72. The SMILES string of the molecule is OCCn1ccc2nc(Cl)nc(N[C@H]3CC[C@H](N4CCOCC4)CC3)c21. The van der Waals surface area contributed by atoms with Gasteiger partial charge in [0.1, 0.15) is 5.52 Å². The maximum Gasteiger partial charge on any atom is 0.225 e. The molecular formula is C18H26ClN5O2. The Labute approximate surface area is 158 Å². The van der Waals surface area contributed by atoms with Crippen molar-refractivity contribution < 1.29 is 9.84 Å². The molecule has 1 aliphatic heterocycles. The molecule has 0 atom stereocenters. The minimum absolute atomic E-state index is 0.0799. The lowest BCUT2D eigenvalue weighted by Gasteiger charge is -2.39. The van der Waals surface area contributed by atoms with Gasteiger partial charge in [-0.3, -0.25) is 4.90 Å². The number of nitrogens with one attached hydrogen (secondary N) is 1. The summed E-state index contributed by atoms with van der Waals surface area (Å²) >= 11 is 6.11. The van der Waals surface area contributed by atoms with Crippen LogP contribution < -0.4 is 5.32 Å². The monoisotopic (exact) mass is 379 g/mol. The lowest BCUT2D eigenvalue weighted by Crippen LogP contribution is -2.46. The Hall–Kier alpha value is -1.41. The zero-order valence-corrected chi connectivity index (χ0v) is 15.7. The van der Waals surface area contributed by atoms with Crippen molar-refractivity contribution in [3.63, 3.8) is 0 Å². The first-order valence-corrected chi connectivity index (χ1v) is 9.84. The fourth-order valence-corrected chi connectivity index (χ4v) is 4.37. The Morgan fingerprint density at radius 2 is 1.96 bits per heavy atom. The van der Waals surface area contributed by atoms with E-state index in [9.17, 15) is 5.11 Å². The van der Waals surface area contributed by atoms with Crippen LogP contribution >= 0.6 is 11.6 Å². The number of fused-ring (bicyclic) bond motifs is 1. The van der Waals surface area contributed by atoms with Crippen LogP contribution in [-0.4, -0.2) is 69.5 Å². The molecule has 2 fully saturated rings. The lowest BCUT2D eigenvalue weighted by atomic mass is 9.90. The van der Waals surface area contributed by atoms with Gasteiger partial charge < -0.3 is 19.7 Å². The van der Waals surface area contributed by atoms with Gasteiger partial charge in [0.25, 0.3) is 0 Å². The standard InChI is InChI=1S/C18H26ClN5O2/c19-18-21-15-5-6-24(7-10-25)16(15)17(22-18)20-13-1-3-14(4-2-13)23-8-11-26-12-9-23/h5-6,13-14,25H,1-4,7-12H2,(H,20,21,22)/t13-,14-. The third-order valence-electron chi connectivity index (χ3n) is 5.52. The molecule has 8 heteroatoms. The fraction of sp³-hybridized carbons (Fsp3) is 0.667. The number of hydrogen-bond donors (Lipinski definition) is 2. The van der Waals surface area contributed by atoms with Crippen LogP contribution in [0.3, 0.4) is 0 Å². The first kappa shape index (κ1) is 18.0. The molecule has 0 amide bonds. The molecule has 2 aromatic rings. The number of morpholine rings is 1. The van der Waals surface area contributed by atoms with Crippen molar-refractivity contribution in [3.8, 4) is 0 Å². The van der Waals surface area contributed by atoms with Gasteiger partial charge in [0.2, 0.25) is 5.28 Å². The molecule has 7 nitrogen and oxygen atoms in total. The van der Waals surface area contributed by atoms with Gasteiger partial charge in [-0.1, -0.05) is 0 Å². The van der Waals surface area contributed by atoms with Gasteiger partial charge in [0, 0.05) is 37.9 Å². The summed E-state index contributed by atoms with van der Waals surface area (Å²) in [6, 6.07) is 2.97. The number of aromatic nitrogens is 3. The molecule has 3 heterocycles. The summed E-state index contributed by atoms with van der Waals surface area (Å²) in [5, 5.41) is 13.1. The van der Waals surface area contributed by atoms with Crippen LogP contribution in [0.1, 0.15) is 25.7 Å². The van der Waals surface area contributed by atoms with Crippen molar-refractivity contribution in [2.75, 3.05) is 38.2 Å². The van der Waals surface area contributed by atoms with Gasteiger partial charge in [0.15, 0.2) is 5.82 Å². The van der Waals surface area contributed by atoms with E-state index >= 15 is 0 Å². The molecule has 1 aliphatic carbocycles. The molecule has 1 saturated heterocycles. The van der Waals surface area contributed by atoms with Crippen LogP contribution in [0.2, 0.25) is 5.28 Å². The molecule has 0 unspecified atom stereocenters. The summed E-state index contributed by atoms with van der Waals surface area (Å²) in [5.74, 6) is 0.772. The maximum atomic E-state index is 9.30. The van der Waals surface area contributed by atoms with E-state index < -0.39 is 0 Å². The van der Waals surface area contributed by atoms with Crippen LogP contribution in [0.5, 0.6) is 0 Å². The smallest absolute Gasteiger partial charge is 0.225 e. The van der Waals surface area contributed by atoms with E-state index in [0.717, 1.165) is 56.0 Å². The van der Waals surface area contributed by atoms with Crippen molar-refractivity contribution in [2.24, 2.45) is 0 Å². The highest BCUT2D eigenvalue weighted by Gasteiger charge is 2.27. The zero-order valence-electron chi connectivity index (χ0n) is 14.9. The molecular weight excluding hydrogens is 354 g/mol. The summed E-state index contributed by atoms with van der Waals surface area (Å²) in [4.78, 5) is 11.3. The average Bonchev–Trinajstić information content (AvgIpc) is 3.06. The van der Waals surface area contributed by atoms with Gasteiger partial charge in [-0.2, -0.15) is 4.98 Å². The molecule has 2 aromatic heterocycles. The largest absolute Gasteiger partial charge is 0.395 e. The Morgan fingerprint density at radius 3 is 2.69 bits per heavy atom. The minimum Gasteiger partial charge on any atom is -0.395 e. The highest BCUT2D eigenvalue weighted by Crippen LogP contribution is 2.29. The number of halogens is 1. The molecule has 4 rings (SSSR count). The number of rotatable bonds is 5. The third kappa shape index (κ3) is 3.81. The predicted molar refractivity (Wildman–Crippen MR) is 102 cm³/mol. The van der Waals surface area contributed by atoms with Gasteiger partial charge in [0.05, 0.1) is 25.3 Å². The molecule has 0 aromatic carbocycles. The summed E-state index contributed by atoms with van der Waals surface area (Å²) < 4.78 is 7.44. The second-order valence-electron chi connectivity index (χ2n) is 7.11. The molecule has 0 spiro atoms. The van der Waals surface area contributed by atoms with Gasteiger partial charge in [-0.05, 0) is 43.4 Å². The zero-order chi connectivity index (χ0) is 17.9. The Kier molecular flexibility index (Phi) is 5.59. The molecule has 0 radical (unpaired) electrons. The number of aliphatic hydroxyl groups is 1. The van der Waals surface area contributed by atoms with Crippen LogP contribution in [0.25, 0.3) is 11.0 Å². The van der Waals surface area contributed by atoms with E-state index in [1.54, 1.807) is 0 Å². The molecule has 2 N–H and O–H groups in total. The predicted octanol–water partition coefficient (Wildman–Crippen LogP) is 2.13. The molecule has 26 heavy (non-hydrogen) atoms. The molecule has 1 saturated carbocycles. The van der Waals surface area contributed by atoms with Crippen LogP contribution in [0.15, 0.2) is 12.3 Å². The van der Waals surface area contributed by atoms with Crippen LogP contribution in [0.4, 0.5) is 5.82 Å². The number of aliphatic hydroxyl groups excluding tert-OH is 1. The average molecular weight is 380 g/mol. The maximum absolute atomic E-state index is 9.30. The Balaban J connectivity index is 1.45. The second-order valence-corrected chi connectivity index (χ2v) is 7.44. The highest BCUT2D eigenvalue weighted by atomic mass is 35.5. The van der Waals surface area contributed by atoms with E-state index in [1.165, 1.54) is 12.8 Å². The highest BCUT2D eigenvalue weighted by molar-refractivity contribution is 6.28. The fourth-order valence-electron chi connectivity index (χ4n) is 4.19. The van der Waals surface area contributed by atoms with E-state index in [-0.39, 0.29) is 11.9 Å². The molecule has 2 aliphatic rings. The normalized spacial score (nSPS) is 24.8. The lowest BCUT2D eigenvalue weighted by molar-refractivity contribution is 0.00791. The van der Waals surface area contributed by atoms with Crippen molar-refractivity contribution in [2.45, 2.75) is 44.3 Å². The van der Waals surface area contributed by atoms with E-state index in [4.69, 9.17) is 16.3 Å². The summed E-state index contributed by atoms with van der Waals surface area (Å²) in [6.45, 7) is 4.43. The van der Waals surface area contributed by atoms with Gasteiger partial charge >= 0.3 is 0 Å². The topological polar surface area (TPSA) is 75.4 Å². The minimum atomic E-state index is 0.0799. The van der Waals surface area contributed by atoms with Crippen molar-refractivity contribution >= 4 is 28.5 Å². The van der Waals surface area contributed by atoms with Crippen molar-refractivity contribution in [1.82, 2.24) is 19.4 Å². The first-order chi connectivity index (χ1) is 12.7. The quantitative estimate of drug-likeness (QED) is 0.775. The van der Waals surface area contributed by atoms with E-state index in [2.05, 4.69) is 20.2 Å². The van der Waals surface area contributed by atoms with Crippen LogP contribution in [-0.2, 0) is 11.3 Å². The Morgan fingerprint density at radius 1 is 1.19 bits per heavy atom. The third-order valence-corrected chi connectivity index (χ3v) is 5.69. The van der Waals surface area contributed by atoms with Crippen LogP contribution in [0, 0.1) is 0 Å². The summed E-state index contributed by atoms with van der Waals surface area (Å²) in [7, 11) is 0. The van der Waals surface area contributed by atoms with E-state index in [0.29, 0.717) is 18.6 Å². The molecule has 0 bridgehead atoms. The molecule has 142 valence electrons. The second kappa shape index (κ2) is 8.08. The van der Waals surface area contributed by atoms with Crippen molar-refractivity contribution in [3.05, 3.63) is 17.5 Å². The van der Waals surface area contributed by atoms with Gasteiger partial charge in [-0.15, -0.1) is 0 Å². The number of ether oxygens (including phenoxy) is 1.